The third kappa shape index (κ3) is 2.56. The van der Waals surface area contributed by atoms with Gasteiger partial charge in [-0.05, 0) is 31.5 Å². The van der Waals surface area contributed by atoms with Gasteiger partial charge in [-0.15, -0.1) is 0 Å². The first-order valence-electron chi connectivity index (χ1n) is 4.90. The standard InChI is InChI=1S/C10H13NO3S/c12-15(13,9-5-2-1-3-6-9)14-10-7-4-8-11-10/h1-3,5-6,10-11H,4,7-8H2. The monoisotopic (exact) mass is 227 g/mol. The quantitative estimate of drug-likeness (QED) is 0.786. The van der Waals surface area contributed by atoms with Gasteiger partial charge in [0.1, 0.15) is 6.23 Å². The van der Waals surface area contributed by atoms with Gasteiger partial charge in [0.2, 0.25) is 0 Å². The molecule has 0 bridgehead atoms. The Morgan fingerprint density at radius 2 is 2.00 bits per heavy atom. The molecule has 15 heavy (non-hydrogen) atoms. The van der Waals surface area contributed by atoms with E-state index in [0.717, 1.165) is 19.4 Å². The van der Waals surface area contributed by atoms with E-state index in [1.807, 2.05) is 0 Å². The van der Waals surface area contributed by atoms with Crippen LogP contribution in [0, 0.1) is 0 Å². The molecule has 0 spiro atoms. The number of benzene rings is 1. The van der Waals surface area contributed by atoms with Crippen molar-refractivity contribution in [3.63, 3.8) is 0 Å². The summed E-state index contributed by atoms with van der Waals surface area (Å²) in [6, 6.07) is 8.19. The molecule has 1 heterocycles. The first kappa shape index (κ1) is 10.6. The molecule has 0 radical (unpaired) electrons. The van der Waals surface area contributed by atoms with Crippen LogP contribution in [0.15, 0.2) is 35.2 Å². The van der Waals surface area contributed by atoms with Crippen molar-refractivity contribution in [3.05, 3.63) is 30.3 Å². The lowest BCUT2D eigenvalue weighted by Gasteiger charge is -2.11. The second-order valence-electron chi connectivity index (χ2n) is 3.45. The van der Waals surface area contributed by atoms with E-state index < -0.39 is 10.1 Å². The van der Waals surface area contributed by atoms with Crippen LogP contribution < -0.4 is 5.32 Å². The predicted octanol–water partition coefficient (Wildman–Crippen LogP) is 1.10. The van der Waals surface area contributed by atoms with Crippen LogP contribution in [0.2, 0.25) is 0 Å². The second-order valence-corrected chi connectivity index (χ2v) is 5.02. The van der Waals surface area contributed by atoms with Crippen LogP contribution in [-0.4, -0.2) is 21.2 Å². The molecule has 5 heteroatoms. The molecular formula is C10H13NO3S. The minimum Gasteiger partial charge on any atom is -0.291 e. The summed E-state index contributed by atoms with van der Waals surface area (Å²) in [5.41, 5.74) is 0. The molecule has 0 saturated carbocycles. The van der Waals surface area contributed by atoms with Crippen molar-refractivity contribution in [2.24, 2.45) is 0 Å². The zero-order chi connectivity index (χ0) is 10.7. The summed E-state index contributed by atoms with van der Waals surface area (Å²) >= 11 is 0. The third-order valence-corrected chi connectivity index (χ3v) is 3.62. The van der Waals surface area contributed by atoms with Gasteiger partial charge in [0.05, 0.1) is 4.90 Å². The topological polar surface area (TPSA) is 55.4 Å². The van der Waals surface area contributed by atoms with Gasteiger partial charge >= 0.3 is 0 Å². The number of hydrogen-bond acceptors (Lipinski definition) is 4. The molecule has 1 aliphatic heterocycles. The van der Waals surface area contributed by atoms with Gasteiger partial charge in [0, 0.05) is 0 Å². The van der Waals surface area contributed by atoms with E-state index in [2.05, 4.69) is 5.32 Å². The van der Waals surface area contributed by atoms with Crippen molar-refractivity contribution in [2.45, 2.75) is 24.0 Å². The number of rotatable bonds is 3. The average molecular weight is 227 g/mol. The maximum atomic E-state index is 11.7. The molecule has 0 aromatic heterocycles. The van der Waals surface area contributed by atoms with Gasteiger partial charge < -0.3 is 0 Å². The van der Waals surface area contributed by atoms with E-state index in [9.17, 15) is 8.42 Å². The van der Waals surface area contributed by atoms with Gasteiger partial charge in [-0.25, -0.2) is 4.18 Å². The highest BCUT2D eigenvalue weighted by Gasteiger charge is 2.23. The Labute approximate surface area is 89.4 Å². The Balaban J connectivity index is 2.13. The molecule has 1 aromatic carbocycles. The summed E-state index contributed by atoms with van der Waals surface area (Å²) in [5, 5.41) is 2.98. The highest BCUT2D eigenvalue weighted by Crippen LogP contribution is 2.16. The van der Waals surface area contributed by atoms with Crippen molar-refractivity contribution in [1.29, 1.82) is 0 Å². The Kier molecular flexibility index (Phi) is 3.04. The van der Waals surface area contributed by atoms with Crippen molar-refractivity contribution < 1.29 is 12.6 Å². The fourth-order valence-electron chi connectivity index (χ4n) is 1.53. The van der Waals surface area contributed by atoms with Crippen molar-refractivity contribution >= 4 is 10.1 Å². The van der Waals surface area contributed by atoms with Crippen LogP contribution in [0.1, 0.15) is 12.8 Å². The van der Waals surface area contributed by atoms with Gasteiger partial charge in [-0.3, -0.25) is 5.32 Å². The van der Waals surface area contributed by atoms with E-state index >= 15 is 0 Å². The van der Waals surface area contributed by atoms with E-state index in [1.165, 1.54) is 12.1 Å². The molecule has 1 aliphatic rings. The van der Waals surface area contributed by atoms with Gasteiger partial charge in [-0.2, -0.15) is 8.42 Å². The zero-order valence-electron chi connectivity index (χ0n) is 8.22. The molecule has 1 fully saturated rings. The fourth-order valence-corrected chi connectivity index (χ4v) is 2.60. The zero-order valence-corrected chi connectivity index (χ0v) is 9.03. The van der Waals surface area contributed by atoms with Crippen LogP contribution in [0.4, 0.5) is 0 Å². The Bertz CT molecular complexity index is 410. The molecule has 0 aliphatic carbocycles. The highest BCUT2D eigenvalue weighted by atomic mass is 32.2. The first-order valence-corrected chi connectivity index (χ1v) is 6.31. The molecule has 1 unspecified atom stereocenters. The molecular weight excluding hydrogens is 214 g/mol. The molecule has 1 aromatic rings. The lowest BCUT2D eigenvalue weighted by atomic mass is 10.4. The summed E-state index contributed by atoms with van der Waals surface area (Å²) in [5.74, 6) is 0. The smallest absolute Gasteiger partial charge is 0.291 e. The fraction of sp³-hybridized carbons (Fsp3) is 0.400. The van der Waals surface area contributed by atoms with Crippen molar-refractivity contribution in [1.82, 2.24) is 5.32 Å². The normalized spacial score (nSPS) is 21.7. The predicted molar refractivity (Wildman–Crippen MR) is 55.7 cm³/mol. The molecule has 1 atom stereocenters. The number of hydrogen-bond donors (Lipinski definition) is 1. The van der Waals surface area contributed by atoms with Crippen LogP contribution >= 0.6 is 0 Å². The third-order valence-electron chi connectivity index (χ3n) is 2.29. The highest BCUT2D eigenvalue weighted by molar-refractivity contribution is 7.86. The van der Waals surface area contributed by atoms with E-state index in [1.54, 1.807) is 18.2 Å². The van der Waals surface area contributed by atoms with Crippen LogP contribution in [0.3, 0.4) is 0 Å². The van der Waals surface area contributed by atoms with Crippen molar-refractivity contribution in [2.75, 3.05) is 6.54 Å². The van der Waals surface area contributed by atoms with Gasteiger partial charge in [0.25, 0.3) is 10.1 Å². The van der Waals surface area contributed by atoms with Crippen LogP contribution in [-0.2, 0) is 14.3 Å². The maximum absolute atomic E-state index is 11.7. The minimum atomic E-state index is -3.61. The summed E-state index contributed by atoms with van der Waals surface area (Å²) in [6.45, 7) is 0.814. The first-order chi connectivity index (χ1) is 7.18. The Hall–Kier alpha value is -0.910. The summed E-state index contributed by atoms with van der Waals surface area (Å²) < 4.78 is 28.5. The van der Waals surface area contributed by atoms with E-state index in [-0.39, 0.29) is 11.1 Å². The average Bonchev–Trinajstić information content (AvgIpc) is 2.71. The van der Waals surface area contributed by atoms with Crippen LogP contribution in [0.5, 0.6) is 0 Å². The molecule has 1 saturated heterocycles. The summed E-state index contributed by atoms with van der Waals surface area (Å²) in [4.78, 5) is 0.207. The van der Waals surface area contributed by atoms with E-state index in [4.69, 9.17) is 4.18 Å². The Morgan fingerprint density at radius 1 is 1.27 bits per heavy atom. The van der Waals surface area contributed by atoms with Crippen LogP contribution in [0.25, 0.3) is 0 Å². The van der Waals surface area contributed by atoms with Gasteiger partial charge in [-0.1, -0.05) is 18.2 Å². The van der Waals surface area contributed by atoms with E-state index in [0.29, 0.717) is 0 Å². The molecule has 0 amide bonds. The lowest BCUT2D eigenvalue weighted by molar-refractivity contribution is 0.195. The molecule has 82 valence electrons. The molecule has 1 N–H and O–H groups in total. The largest absolute Gasteiger partial charge is 0.298 e. The summed E-state index contributed by atoms with van der Waals surface area (Å²) in [7, 11) is -3.61. The Morgan fingerprint density at radius 3 is 2.60 bits per heavy atom. The van der Waals surface area contributed by atoms with Gasteiger partial charge in [0.15, 0.2) is 0 Å². The maximum Gasteiger partial charge on any atom is 0.298 e. The SMILES string of the molecule is O=S(=O)(OC1CCCN1)c1ccccc1. The number of nitrogens with one attached hydrogen (secondary N) is 1. The minimum absolute atomic E-state index is 0.207. The summed E-state index contributed by atoms with van der Waals surface area (Å²) in [6.07, 6.45) is 1.33. The molecule has 2 rings (SSSR count). The second kappa shape index (κ2) is 4.30. The lowest BCUT2D eigenvalue weighted by Crippen LogP contribution is -2.27. The van der Waals surface area contributed by atoms with Crippen molar-refractivity contribution in [3.8, 4) is 0 Å². The molecule has 4 nitrogen and oxygen atoms in total.